The molecule has 2 aromatic heterocycles. The van der Waals surface area contributed by atoms with E-state index >= 15 is 0 Å². The van der Waals surface area contributed by atoms with Crippen LogP contribution in [0.25, 0.3) is 21.3 Å². The highest BCUT2D eigenvalue weighted by atomic mass is 79.9. The lowest BCUT2D eigenvalue weighted by Crippen LogP contribution is -2.29. The molecule has 2 aromatic carbocycles. The number of hydrogen-bond acceptors (Lipinski definition) is 6. The van der Waals surface area contributed by atoms with Crippen LogP contribution in [0, 0.1) is 0 Å². The van der Waals surface area contributed by atoms with Crippen molar-refractivity contribution in [2.75, 3.05) is 13.7 Å². The number of pyridine rings is 1. The van der Waals surface area contributed by atoms with Crippen LogP contribution in [-0.2, 0) is 35.6 Å². The third-order valence-corrected chi connectivity index (χ3v) is 9.13. The fraction of sp³-hybridized carbons (Fsp3) is 0.276. The van der Waals surface area contributed by atoms with E-state index in [-0.39, 0.29) is 31.2 Å². The zero-order valence-corrected chi connectivity index (χ0v) is 22.9. The first-order valence-corrected chi connectivity index (χ1v) is 14.0. The highest BCUT2D eigenvalue weighted by Crippen LogP contribution is 2.45. The number of halogens is 1. The number of fused-ring (bicyclic) bond motifs is 3. The number of rotatable bonds is 6. The number of thiophene rings is 1. The minimum Gasteiger partial charge on any atom is -0.497 e. The van der Waals surface area contributed by atoms with Crippen LogP contribution in [0.3, 0.4) is 0 Å². The molecule has 6 rings (SSSR count). The summed E-state index contributed by atoms with van der Waals surface area (Å²) in [6.45, 7) is 2.96. The van der Waals surface area contributed by atoms with Gasteiger partial charge in [0.05, 0.1) is 19.3 Å². The van der Waals surface area contributed by atoms with Gasteiger partial charge in [0.2, 0.25) is 11.8 Å². The van der Waals surface area contributed by atoms with E-state index in [1.807, 2.05) is 12.1 Å². The van der Waals surface area contributed by atoms with Crippen LogP contribution < -0.4 is 4.74 Å². The largest absolute Gasteiger partial charge is 0.497 e. The molecule has 6 nitrogen and oxygen atoms in total. The number of carbonyl (C=O) groups excluding carboxylic acids is 2. The number of imide groups is 1. The van der Waals surface area contributed by atoms with E-state index in [4.69, 9.17) is 9.72 Å². The first kappa shape index (κ1) is 24.3. The van der Waals surface area contributed by atoms with Crippen LogP contribution in [0.4, 0.5) is 0 Å². The lowest BCUT2D eigenvalue weighted by Gasteiger charge is -2.27. The highest BCUT2D eigenvalue weighted by molar-refractivity contribution is 9.10. The van der Waals surface area contributed by atoms with Crippen LogP contribution in [0.1, 0.15) is 34.5 Å². The summed E-state index contributed by atoms with van der Waals surface area (Å²) >= 11 is 5.57. The Morgan fingerprint density at radius 1 is 0.973 bits per heavy atom. The Morgan fingerprint density at radius 2 is 1.70 bits per heavy atom. The van der Waals surface area contributed by atoms with Crippen molar-refractivity contribution in [1.82, 2.24) is 14.8 Å². The zero-order valence-electron chi connectivity index (χ0n) is 20.5. The van der Waals surface area contributed by atoms with Crippen molar-refractivity contribution in [2.45, 2.75) is 38.9 Å². The Morgan fingerprint density at radius 3 is 2.41 bits per heavy atom. The summed E-state index contributed by atoms with van der Waals surface area (Å²) in [6, 6.07) is 18.6. The average Bonchev–Trinajstić information content (AvgIpc) is 3.43. The third-order valence-electron chi connectivity index (χ3n) is 7.17. The molecule has 0 spiro atoms. The zero-order chi connectivity index (χ0) is 25.5. The quantitative estimate of drug-likeness (QED) is 0.266. The van der Waals surface area contributed by atoms with Crippen LogP contribution >= 0.6 is 27.3 Å². The molecule has 1 fully saturated rings. The molecule has 0 saturated carbocycles. The number of nitrogens with zero attached hydrogens (tertiary/aromatic N) is 3. The maximum Gasteiger partial charge on any atom is 0.230 e. The van der Waals surface area contributed by atoms with E-state index in [0.29, 0.717) is 5.69 Å². The maximum atomic E-state index is 12.4. The Bertz CT molecular complexity index is 1480. The molecular formula is C29H26BrN3O3S. The van der Waals surface area contributed by atoms with Gasteiger partial charge in [0.25, 0.3) is 0 Å². The minimum absolute atomic E-state index is 0.133. The molecule has 4 aromatic rings. The number of aromatic nitrogens is 1. The van der Waals surface area contributed by atoms with Crippen molar-refractivity contribution < 1.29 is 14.3 Å². The Hall–Kier alpha value is -3.07. The van der Waals surface area contributed by atoms with Gasteiger partial charge in [-0.15, -0.1) is 11.3 Å². The molecule has 0 aliphatic carbocycles. The van der Waals surface area contributed by atoms with Crippen molar-refractivity contribution in [2.24, 2.45) is 0 Å². The van der Waals surface area contributed by atoms with E-state index in [0.717, 1.165) is 52.2 Å². The molecule has 37 heavy (non-hydrogen) atoms. The molecule has 4 heterocycles. The molecule has 0 atom stereocenters. The summed E-state index contributed by atoms with van der Waals surface area (Å²) in [7, 11) is 1.66. The third kappa shape index (κ3) is 4.58. The van der Waals surface area contributed by atoms with Crippen LogP contribution in [-0.4, -0.2) is 40.3 Å². The molecule has 0 bridgehead atoms. The number of ether oxygens (including phenoxy) is 1. The van der Waals surface area contributed by atoms with Crippen molar-refractivity contribution in [3.05, 3.63) is 80.8 Å². The summed E-state index contributed by atoms with van der Waals surface area (Å²) in [5, 5.41) is 1.17. The molecule has 1 saturated heterocycles. The summed E-state index contributed by atoms with van der Waals surface area (Å²) in [5.41, 5.74) is 5.49. The molecule has 2 amide bonds. The van der Waals surface area contributed by atoms with Crippen LogP contribution in [0.2, 0.25) is 0 Å². The lowest BCUT2D eigenvalue weighted by atomic mass is 9.96. The molecular weight excluding hydrogens is 550 g/mol. The van der Waals surface area contributed by atoms with Crippen molar-refractivity contribution in [1.29, 1.82) is 0 Å². The number of carbonyl (C=O) groups is 2. The van der Waals surface area contributed by atoms with Gasteiger partial charge in [-0.1, -0.05) is 42.5 Å². The fourth-order valence-electron chi connectivity index (χ4n) is 5.26. The van der Waals surface area contributed by atoms with Gasteiger partial charge >= 0.3 is 0 Å². The minimum atomic E-state index is -0.133. The standard InChI is InChI=1S/C29H26BrN3O3S/c1-36-20-9-7-19(8-10-20)26-27-21-13-14-32(15-18-5-3-2-4-6-18)17-23(21)37-29(27)31-22(28(26)30)16-33-24(34)11-12-25(33)35/h2-10H,11-17H2,1H3. The molecule has 2 aliphatic rings. The van der Waals surface area contributed by atoms with Gasteiger partial charge in [-0.2, -0.15) is 0 Å². The molecule has 0 unspecified atom stereocenters. The summed E-state index contributed by atoms with van der Waals surface area (Å²) in [6.07, 6.45) is 1.49. The molecule has 0 radical (unpaired) electrons. The van der Waals surface area contributed by atoms with Crippen molar-refractivity contribution in [3.63, 3.8) is 0 Å². The Labute approximate surface area is 228 Å². The Kier molecular flexibility index (Phi) is 6.56. The van der Waals surface area contributed by atoms with Gasteiger partial charge in [-0.05, 0) is 51.2 Å². The first-order chi connectivity index (χ1) is 18.0. The summed E-state index contributed by atoms with van der Waals surface area (Å²) < 4.78 is 6.22. The normalized spacial score (nSPS) is 16.0. The van der Waals surface area contributed by atoms with E-state index in [9.17, 15) is 9.59 Å². The predicted octanol–water partition coefficient (Wildman–Crippen LogP) is 5.94. The van der Waals surface area contributed by atoms with E-state index in [1.54, 1.807) is 18.4 Å². The van der Waals surface area contributed by atoms with Gasteiger partial charge in [0, 0.05) is 52.8 Å². The van der Waals surface area contributed by atoms with Crippen molar-refractivity contribution >= 4 is 49.3 Å². The fourth-order valence-corrected chi connectivity index (χ4v) is 7.20. The summed E-state index contributed by atoms with van der Waals surface area (Å²) in [4.78, 5) is 35.9. The topological polar surface area (TPSA) is 62.7 Å². The second-order valence-corrected chi connectivity index (χ2v) is 11.4. The molecule has 0 N–H and O–H groups in total. The molecule has 2 aliphatic heterocycles. The van der Waals surface area contributed by atoms with E-state index in [2.05, 4.69) is 63.3 Å². The number of amides is 2. The van der Waals surface area contributed by atoms with Crippen molar-refractivity contribution in [3.8, 4) is 16.9 Å². The van der Waals surface area contributed by atoms with Crippen LogP contribution in [0.15, 0.2) is 59.1 Å². The first-order valence-electron chi connectivity index (χ1n) is 12.4. The van der Waals surface area contributed by atoms with Gasteiger partial charge in [-0.3, -0.25) is 19.4 Å². The number of hydrogen-bond donors (Lipinski definition) is 0. The van der Waals surface area contributed by atoms with Gasteiger partial charge in [0.15, 0.2) is 0 Å². The second-order valence-electron chi connectivity index (χ2n) is 9.48. The van der Waals surface area contributed by atoms with Gasteiger partial charge in [-0.25, -0.2) is 4.98 Å². The number of likely N-dealkylation sites (tertiary alicyclic amines) is 1. The summed E-state index contributed by atoms with van der Waals surface area (Å²) in [5.74, 6) is 0.529. The average molecular weight is 577 g/mol. The molecule has 188 valence electrons. The Balaban J connectivity index is 1.44. The lowest BCUT2D eigenvalue weighted by molar-refractivity contribution is -0.139. The number of benzene rings is 2. The highest BCUT2D eigenvalue weighted by Gasteiger charge is 2.32. The second kappa shape index (κ2) is 10.0. The SMILES string of the molecule is COc1ccc(-c2c(Br)c(CN3C(=O)CCC3=O)nc3sc4c(c23)CCN(Cc2ccccc2)C4)cc1. The van der Waals surface area contributed by atoms with E-state index < -0.39 is 0 Å². The van der Waals surface area contributed by atoms with E-state index in [1.165, 1.54) is 26.3 Å². The smallest absolute Gasteiger partial charge is 0.230 e. The number of methoxy groups -OCH3 is 1. The molecule has 8 heteroatoms. The van der Waals surface area contributed by atoms with Gasteiger partial charge < -0.3 is 4.74 Å². The maximum absolute atomic E-state index is 12.4. The monoisotopic (exact) mass is 575 g/mol. The van der Waals surface area contributed by atoms with Crippen LogP contribution in [0.5, 0.6) is 5.75 Å². The van der Waals surface area contributed by atoms with Gasteiger partial charge in [0.1, 0.15) is 10.6 Å². The predicted molar refractivity (Wildman–Crippen MR) is 148 cm³/mol.